The van der Waals surface area contributed by atoms with Gasteiger partial charge in [-0.1, -0.05) is 0 Å². The number of carbonyl (C=O) groups excluding carboxylic acids is 1. The van der Waals surface area contributed by atoms with Crippen molar-refractivity contribution in [3.05, 3.63) is 26.6 Å². The smallest absolute Gasteiger partial charge is 0.322 e. The van der Waals surface area contributed by atoms with E-state index in [-0.39, 0.29) is 12.4 Å². The van der Waals surface area contributed by atoms with E-state index in [0.29, 0.717) is 12.1 Å². The van der Waals surface area contributed by atoms with Gasteiger partial charge in [0, 0.05) is 8.95 Å². The van der Waals surface area contributed by atoms with Crippen molar-refractivity contribution in [2.45, 2.75) is 12.5 Å². The van der Waals surface area contributed by atoms with Crippen LogP contribution in [-0.2, 0) is 16.0 Å². The number of nitrogens with two attached hydrogens (primary N) is 2. The molecular weight excluding hydrogens is 375 g/mol. The Hall–Kier alpha value is -0.300. The summed E-state index contributed by atoms with van der Waals surface area (Å²) in [4.78, 5) is 11.2. The molecule has 0 unspecified atom stereocenters. The fraction of sp³-hybridized carbons (Fsp3) is 0.300. The summed E-state index contributed by atoms with van der Waals surface area (Å²) in [6.07, 6.45) is 0.407. The Morgan fingerprint density at radius 3 is 2.29 bits per heavy atom. The molecule has 1 aromatic carbocycles. The number of hydrogen-bond donors (Lipinski definition) is 2. The fourth-order valence-corrected chi connectivity index (χ4v) is 2.52. The Labute approximate surface area is 123 Å². The quantitative estimate of drug-likeness (QED) is 0.615. The first-order valence-electron chi connectivity index (χ1n) is 4.52. The van der Waals surface area contributed by atoms with Crippen LogP contribution in [0.3, 0.4) is 0 Å². The Bertz CT molecular complexity index is 392. The lowest BCUT2D eigenvalue weighted by atomic mass is 10.1. The van der Waals surface area contributed by atoms with Gasteiger partial charge in [0.2, 0.25) is 0 Å². The van der Waals surface area contributed by atoms with Crippen molar-refractivity contribution in [3.63, 3.8) is 0 Å². The topological polar surface area (TPSA) is 78.3 Å². The number of hydrogen-bond acceptors (Lipinski definition) is 4. The van der Waals surface area contributed by atoms with E-state index in [4.69, 9.17) is 11.5 Å². The van der Waals surface area contributed by atoms with Crippen LogP contribution in [0.15, 0.2) is 21.1 Å². The molecule has 0 aliphatic rings. The molecule has 4 nitrogen and oxygen atoms in total. The lowest BCUT2D eigenvalue weighted by Gasteiger charge is -2.11. The summed E-state index contributed by atoms with van der Waals surface area (Å²) in [6, 6.07) is 3.01. The molecule has 17 heavy (non-hydrogen) atoms. The minimum absolute atomic E-state index is 0. The SMILES string of the molecule is COC(=O)[C@H](N)Cc1cc(Br)c(N)c(Br)c1.Cl. The van der Waals surface area contributed by atoms with Gasteiger partial charge < -0.3 is 16.2 Å². The third-order valence-corrected chi connectivity index (χ3v) is 3.41. The van der Waals surface area contributed by atoms with Gasteiger partial charge in [-0.05, 0) is 56.0 Å². The lowest BCUT2D eigenvalue weighted by Crippen LogP contribution is -2.33. The first kappa shape index (κ1) is 16.7. The average molecular weight is 388 g/mol. The van der Waals surface area contributed by atoms with Crippen LogP contribution in [-0.4, -0.2) is 19.1 Å². The highest BCUT2D eigenvalue weighted by atomic mass is 79.9. The van der Waals surface area contributed by atoms with Crippen molar-refractivity contribution in [2.75, 3.05) is 12.8 Å². The van der Waals surface area contributed by atoms with E-state index in [2.05, 4.69) is 36.6 Å². The largest absolute Gasteiger partial charge is 0.468 e. The zero-order chi connectivity index (χ0) is 12.3. The maximum Gasteiger partial charge on any atom is 0.322 e. The normalized spacial score (nSPS) is 11.5. The van der Waals surface area contributed by atoms with Gasteiger partial charge in [-0.2, -0.15) is 0 Å². The van der Waals surface area contributed by atoms with Crippen LogP contribution in [0, 0.1) is 0 Å². The predicted octanol–water partition coefficient (Wildman–Crippen LogP) is 2.26. The lowest BCUT2D eigenvalue weighted by molar-refractivity contribution is -0.142. The average Bonchev–Trinajstić information content (AvgIpc) is 2.24. The van der Waals surface area contributed by atoms with Crippen molar-refractivity contribution >= 4 is 55.9 Å². The van der Waals surface area contributed by atoms with E-state index in [1.54, 1.807) is 0 Å². The minimum atomic E-state index is -0.660. The maximum atomic E-state index is 11.2. The molecule has 0 aromatic heterocycles. The number of methoxy groups -OCH3 is 1. The van der Waals surface area contributed by atoms with Crippen molar-refractivity contribution in [3.8, 4) is 0 Å². The molecular formula is C10H13Br2ClN2O2. The van der Waals surface area contributed by atoms with E-state index in [0.717, 1.165) is 14.5 Å². The molecule has 7 heteroatoms. The summed E-state index contributed by atoms with van der Waals surface area (Å²) in [5.74, 6) is -0.427. The van der Waals surface area contributed by atoms with Crippen molar-refractivity contribution in [1.82, 2.24) is 0 Å². The molecule has 0 amide bonds. The van der Waals surface area contributed by atoms with Crippen molar-refractivity contribution < 1.29 is 9.53 Å². The molecule has 1 aromatic rings. The molecule has 0 heterocycles. The van der Waals surface area contributed by atoms with Crippen LogP contribution in [0.1, 0.15) is 5.56 Å². The molecule has 1 atom stereocenters. The number of esters is 1. The second-order valence-electron chi connectivity index (χ2n) is 3.31. The Kier molecular flexibility index (Phi) is 7.08. The third kappa shape index (κ3) is 4.46. The Morgan fingerprint density at radius 2 is 1.88 bits per heavy atom. The number of carbonyl (C=O) groups is 1. The Morgan fingerprint density at radius 1 is 1.41 bits per heavy atom. The number of anilines is 1. The molecule has 0 spiro atoms. The van der Waals surface area contributed by atoms with Crippen LogP contribution in [0.5, 0.6) is 0 Å². The summed E-state index contributed by atoms with van der Waals surface area (Å²) in [5, 5.41) is 0. The molecule has 4 N–H and O–H groups in total. The summed E-state index contributed by atoms with van der Waals surface area (Å²) < 4.78 is 6.10. The monoisotopic (exact) mass is 386 g/mol. The van der Waals surface area contributed by atoms with Gasteiger partial charge >= 0.3 is 5.97 Å². The van der Waals surface area contributed by atoms with E-state index < -0.39 is 12.0 Å². The molecule has 0 aliphatic heterocycles. The van der Waals surface area contributed by atoms with Gasteiger partial charge in [-0.3, -0.25) is 4.79 Å². The first-order valence-corrected chi connectivity index (χ1v) is 6.11. The summed E-state index contributed by atoms with van der Waals surface area (Å²) in [5.41, 5.74) is 12.9. The number of nitrogen functional groups attached to an aromatic ring is 1. The van der Waals surface area contributed by atoms with E-state index in [1.807, 2.05) is 12.1 Å². The van der Waals surface area contributed by atoms with Crippen LogP contribution >= 0.6 is 44.3 Å². The highest BCUT2D eigenvalue weighted by Crippen LogP contribution is 2.29. The van der Waals surface area contributed by atoms with Crippen molar-refractivity contribution in [2.24, 2.45) is 5.73 Å². The number of ether oxygens (including phenoxy) is 1. The predicted molar refractivity (Wildman–Crippen MR) is 77.2 cm³/mol. The van der Waals surface area contributed by atoms with E-state index in [1.165, 1.54) is 7.11 Å². The number of benzene rings is 1. The first-order chi connectivity index (χ1) is 7.45. The third-order valence-electron chi connectivity index (χ3n) is 2.10. The van der Waals surface area contributed by atoms with Crippen LogP contribution in [0.2, 0.25) is 0 Å². The number of rotatable bonds is 3. The molecule has 1 rings (SSSR count). The van der Waals surface area contributed by atoms with Crippen LogP contribution in [0.25, 0.3) is 0 Å². The van der Waals surface area contributed by atoms with Crippen LogP contribution < -0.4 is 11.5 Å². The second-order valence-corrected chi connectivity index (χ2v) is 5.02. The standard InChI is InChI=1S/C10H12Br2N2O2.ClH/c1-16-10(15)8(13)4-5-2-6(11)9(14)7(12)3-5;/h2-3,8H,4,13-14H2,1H3;1H/t8-;/m1./s1. The van der Waals surface area contributed by atoms with E-state index in [9.17, 15) is 4.79 Å². The summed E-state index contributed by atoms with van der Waals surface area (Å²) in [6.45, 7) is 0. The van der Waals surface area contributed by atoms with Gasteiger partial charge in [0.05, 0.1) is 12.8 Å². The molecule has 0 aliphatic carbocycles. The molecule has 0 radical (unpaired) electrons. The summed E-state index contributed by atoms with van der Waals surface area (Å²) in [7, 11) is 1.32. The summed E-state index contributed by atoms with van der Waals surface area (Å²) >= 11 is 6.66. The van der Waals surface area contributed by atoms with Crippen LogP contribution in [0.4, 0.5) is 5.69 Å². The minimum Gasteiger partial charge on any atom is -0.468 e. The zero-order valence-corrected chi connectivity index (χ0v) is 13.1. The molecule has 0 saturated heterocycles. The fourth-order valence-electron chi connectivity index (χ4n) is 1.24. The number of halogens is 3. The highest BCUT2D eigenvalue weighted by molar-refractivity contribution is 9.11. The van der Waals surface area contributed by atoms with Gasteiger partial charge in [-0.25, -0.2) is 0 Å². The molecule has 96 valence electrons. The Balaban J connectivity index is 0.00000256. The van der Waals surface area contributed by atoms with Gasteiger partial charge in [0.1, 0.15) is 6.04 Å². The molecule has 0 bridgehead atoms. The van der Waals surface area contributed by atoms with Gasteiger partial charge in [0.25, 0.3) is 0 Å². The maximum absolute atomic E-state index is 11.2. The van der Waals surface area contributed by atoms with Gasteiger partial charge in [-0.15, -0.1) is 12.4 Å². The zero-order valence-electron chi connectivity index (χ0n) is 9.07. The van der Waals surface area contributed by atoms with Gasteiger partial charge in [0.15, 0.2) is 0 Å². The molecule has 0 saturated carbocycles. The molecule has 0 fully saturated rings. The van der Waals surface area contributed by atoms with E-state index >= 15 is 0 Å². The highest BCUT2D eigenvalue weighted by Gasteiger charge is 2.15. The van der Waals surface area contributed by atoms with Crippen molar-refractivity contribution in [1.29, 1.82) is 0 Å². The second kappa shape index (κ2) is 7.20.